The van der Waals surface area contributed by atoms with Gasteiger partial charge in [-0.3, -0.25) is 9.59 Å². The molecule has 0 aromatic heterocycles. The zero-order valence-electron chi connectivity index (χ0n) is 11.0. The SMILES string of the molecule is Cc1cc(C(=O)NC(C)C(=O)N(C)C)ccc1Br. The Morgan fingerprint density at radius 1 is 1.33 bits per heavy atom. The van der Waals surface area contributed by atoms with Gasteiger partial charge in [0.1, 0.15) is 6.04 Å². The zero-order valence-corrected chi connectivity index (χ0v) is 12.5. The molecule has 18 heavy (non-hydrogen) atoms. The maximum absolute atomic E-state index is 11.9. The van der Waals surface area contributed by atoms with E-state index in [9.17, 15) is 9.59 Å². The fraction of sp³-hybridized carbons (Fsp3) is 0.385. The van der Waals surface area contributed by atoms with Crippen molar-refractivity contribution in [2.24, 2.45) is 0 Å². The minimum atomic E-state index is -0.531. The summed E-state index contributed by atoms with van der Waals surface area (Å²) in [4.78, 5) is 25.0. The first-order valence-corrected chi connectivity index (χ1v) is 6.40. The largest absolute Gasteiger partial charge is 0.347 e. The van der Waals surface area contributed by atoms with Crippen LogP contribution in [0.2, 0.25) is 0 Å². The number of nitrogens with zero attached hydrogens (tertiary/aromatic N) is 1. The van der Waals surface area contributed by atoms with Gasteiger partial charge in [0.2, 0.25) is 5.91 Å². The van der Waals surface area contributed by atoms with Gasteiger partial charge in [0.05, 0.1) is 0 Å². The molecule has 0 heterocycles. The number of carbonyl (C=O) groups excluding carboxylic acids is 2. The first-order valence-electron chi connectivity index (χ1n) is 5.61. The summed E-state index contributed by atoms with van der Waals surface area (Å²) >= 11 is 3.38. The van der Waals surface area contributed by atoms with Crippen LogP contribution in [0, 0.1) is 6.92 Å². The third kappa shape index (κ3) is 3.57. The first-order chi connectivity index (χ1) is 8.32. The van der Waals surface area contributed by atoms with E-state index in [1.807, 2.05) is 13.0 Å². The van der Waals surface area contributed by atoms with Gasteiger partial charge in [-0.05, 0) is 37.6 Å². The van der Waals surface area contributed by atoms with Crippen LogP contribution < -0.4 is 5.32 Å². The van der Waals surface area contributed by atoms with Crippen LogP contribution in [0.5, 0.6) is 0 Å². The highest BCUT2D eigenvalue weighted by Crippen LogP contribution is 2.17. The highest BCUT2D eigenvalue weighted by molar-refractivity contribution is 9.10. The predicted molar refractivity (Wildman–Crippen MR) is 74.5 cm³/mol. The topological polar surface area (TPSA) is 49.4 Å². The summed E-state index contributed by atoms with van der Waals surface area (Å²) in [6, 6.07) is 4.80. The molecule has 4 nitrogen and oxygen atoms in total. The van der Waals surface area contributed by atoms with Gasteiger partial charge in [-0.25, -0.2) is 0 Å². The summed E-state index contributed by atoms with van der Waals surface area (Å²) in [5.41, 5.74) is 1.53. The van der Waals surface area contributed by atoms with Gasteiger partial charge in [-0.1, -0.05) is 15.9 Å². The van der Waals surface area contributed by atoms with Gasteiger partial charge in [0, 0.05) is 24.1 Å². The number of benzene rings is 1. The lowest BCUT2D eigenvalue weighted by Gasteiger charge is -2.18. The molecule has 1 rings (SSSR count). The molecule has 1 unspecified atom stereocenters. The summed E-state index contributed by atoms with van der Waals surface area (Å²) in [6.45, 7) is 3.58. The minimum absolute atomic E-state index is 0.128. The molecule has 5 heteroatoms. The maximum atomic E-state index is 11.9. The Morgan fingerprint density at radius 2 is 1.94 bits per heavy atom. The fourth-order valence-electron chi connectivity index (χ4n) is 1.51. The second-order valence-corrected chi connectivity index (χ2v) is 5.25. The van der Waals surface area contributed by atoms with Crippen molar-refractivity contribution in [2.75, 3.05) is 14.1 Å². The summed E-state index contributed by atoms with van der Waals surface area (Å²) in [6.07, 6.45) is 0. The second kappa shape index (κ2) is 6.00. The lowest BCUT2D eigenvalue weighted by atomic mass is 10.1. The van der Waals surface area contributed by atoms with Crippen LogP contribution in [-0.4, -0.2) is 36.9 Å². The van der Waals surface area contributed by atoms with E-state index in [-0.39, 0.29) is 11.8 Å². The smallest absolute Gasteiger partial charge is 0.251 e. The molecule has 0 aliphatic carbocycles. The molecule has 0 saturated heterocycles. The summed E-state index contributed by atoms with van der Waals surface area (Å²) in [5, 5.41) is 2.68. The number of likely N-dealkylation sites (N-methyl/N-ethyl adjacent to an activating group) is 1. The molecule has 0 bridgehead atoms. The average molecular weight is 313 g/mol. The molecule has 1 N–H and O–H groups in total. The van der Waals surface area contributed by atoms with Crippen LogP contribution in [0.15, 0.2) is 22.7 Å². The van der Waals surface area contributed by atoms with Crippen LogP contribution in [0.3, 0.4) is 0 Å². The van der Waals surface area contributed by atoms with Crippen LogP contribution in [-0.2, 0) is 4.79 Å². The number of hydrogen-bond acceptors (Lipinski definition) is 2. The van der Waals surface area contributed by atoms with Crippen LogP contribution in [0.1, 0.15) is 22.8 Å². The Hall–Kier alpha value is -1.36. The Labute approximate surface area is 115 Å². The van der Waals surface area contributed by atoms with E-state index in [0.717, 1.165) is 10.0 Å². The summed E-state index contributed by atoms with van der Waals surface area (Å²) in [5.74, 6) is -0.370. The number of nitrogens with one attached hydrogen (secondary N) is 1. The first kappa shape index (κ1) is 14.7. The molecule has 0 spiro atoms. The number of hydrogen-bond donors (Lipinski definition) is 1. The fourth-order valence-corrected chi connectivity index (χ4v) is 1.76. The van der Waals surface area contributed by atoms with E-state index in [2.05, 4.69) is 21.2 Å². The maximum Gasteiger partial charge on any atom is 0.251 e. The minimum Gasteiger partial charge on any atom is -0.347 e. The molecule has 1 atom stereocenters. The number of aryl methyl sites for hydroxylation is 1. The van der Waals surface area contributed by atoms with Crippen LogP contribution in [0.4, 0.5) is 0 Å². The number of carbonyl (C=O) groups is 2. The van der Waals surface area contributed by atoms with Gasteiger partial charge >= 0.3 is 0 Å². The third-order valence-electron chi connectivity index (χ3n) is 2.58. The predicted octanol–water partition coefficient (Wildman–Crippen LogP) is 1.96. The highest BCUT2D eigenvalue weighted by Gasteiger charge is 2.18. The van der Waals surface area contributed by atoms with Crippen LogP contribution >= 0.6 is 15.9 Å². The molecule has 98 valence electrons. The highest BCUT2D eigenvalue weighted by atomic mass is 79.9. The number of halogens is 1. The third-order valence-corrected chi connectivity index (χ3v) is 3.47. The Kier molecular flexibility index (Phi) is 4.90. The van der Waals surface area contributed by atoms with Crippen molar-refractivity contribution in [3.05, 3.63) is 33.8 Å². The van der Waals surface area contributed by atoms with Gasteiger partial charge < -0.3 is 10.2 Å². The molecule has 0 aliphatic rings. The average Bonchev–Trinajstić information content (AvgIpc) is 2.31. The lowest BCUT2D eigenvalue weighted by Crippen LogP contribution is -2.44. The van der Waals surface area contributed by atoms with Crippen molar-refractivity contribution in [3.8, 4) is 0 Å². The molecule has 1 aromatic rings. The van der Waals surface area contributed by atoms with Crippen LogP contribution in [0.25, 0.3) is 0 Å². The lowest BCUT2D eigenvalue weighted by molar-refractivity contribution is -0.130. The van der Waals surface area contributed by atoms with Gasteiger partial charge in [-0.2, -0.15) is 0 Å². The molecule has 0 aliphatic heterocycles. The Bertz CT molecular complexity index is 472. The van der Waals surface area contributed by atoms with Gasteiger partial charge in [0.25, 0.3) is 5.91 Å². The monoisotopic (exact) mass is 312 g/mol. The van der Waals surface area contributed by atoms with Crippen molar-refractivity contribution in [1.82, 2.24) is 10.2 Å². The van der Waals surface area contributed by atoms with Crippen molar-refractivity contribution < 1.29 is 9.59 Å². The van der Waals surface area contributed by atoms with Crippen molar-refractivity contribution in [3.63, 3.8) is 0 Å². The Morgan fingerprint density at radius 3 is 2.44 bits per heavy atom. The van der Waals surface area contributed by atoms with Crippen molar-refractivity contribution >= 4 is 27.7 Å². The van der Waals surface area contributed by atoms with Gasteiger partial charge in [-0.15, -0.1) is 0 Å². The van der Waals surface area contributed by atoms with E-state index >= 15 is 0 Å². The Balaban J connectivity index is 2.76. The molecular formula is C13H17BrN2O2. The molecule has 0 saturated carbocycles. The standard InChI is InChI=1S/C13H17BrN2O2/c1-8-7-10(5-6-11(8)14)12(17)15-9(2)13(18)16(3)4/h5-7,9H,1-4H3,(H,15,17). The van der Waals surface area contributed by atoms with Crippen molar-refractivity contribution in [2.45, 2.75) is 19.9 Å². The molecular weight excluding hydrogens is 296 g/mol. The molecule has 0 fully saturated rings. The van der Waals surface area contributed by atoms with E-state index in [1.165, 1.54) is 4.90 Å². The summed E-state index contributed by atoms with van der Waals surface area (Å²) < 4.78 is 0.955. The van der Waals surface area contributed by atoms with E-state index < -0.39 is 6.04 Å². The number of amides is 2. The normalized spacial score (nSPS) is 11.8. The van der Waals surface area contributed by atoms with E-state index in [4.69, 9.17) is 0 Å². The molecule has 1 aromatic carbocycles. The number of rotatable bonds is 3. The zero-order chi connectivity index (χ0) is 13.9. The summed E-state index contributed by atoms with van der Waals surface area (Å²) in [7, 11) is 3.32. The van der Waals surface area contributed by atoms with E-state index in [0.29, 0.717) is 5.56 Å². The van der Waals surface area contributed by atoms with Crippen molar-refractivity contribution in [1.29, 1.82) is 0 Å². The molecule has 0 radical (unpaired) electrons. The van der Waals surface area contributed by atoms with Gasteiger partial charge in [0.15, 0.2) is 0 Å². The second-order valence-electron chi connectivity index (χ2n) is 4.39. The molecule has 2 amide bonds. The quantitative estimate of drug-likeness (QED) is 0.927. The van der Waals surface area contributed by atoms with E-state index in [1.54, 1.807) is 33.2 Å².